The van der Waals surface area contributed by atoms with Gasteiger partial charge in [0.15, 0.2) is 0 Å². The molecule has 4 nitrogen and oxygen atoms in total. The highest BCUT2D eigenvalue weighted by molar-refractivity contribution is 7.18. The van der Waals surface area contributed by atoms with Crippen LogP contribution < -0.4 is 4.90 Å². The summed E-state index contributed by atoms with van der Waals surface area (Å²) in [6.07, 6.45) is 1.79. The Bertz CT molecular complexity index is 862. The van der Waals surface area contributed by atoms with E-state index in [4.69, 9.17) is 11.6 Å². The van der Waals surface area contributed by atoms with Gasteiger partial charge in [-0.3, -0.25) is 9.69 Å². The molecule has 0 aliphatic carbocycles. The van der Waals surface area contributed by atoms with Gasteiger partial charge in [0.1, 0.15) is 5.01 Å². The Morgan fingerprint density at radius 3 is 2.48 bits per heavy atom. The van der Waals surface area contributed by atoms with Gasteiger partial charge < -0.3 is 0 Å². The average molecular weight is 370 g/mol. The molecule has 25 heavy (non-hydrogen) atoms. The third-order valence-corrected chi connectivity index (χ3v) is 4.78. The molecule has 1 aromatic heterocycles. The Kier molecular flexibility index (Phi) is 5.58. The summed E-state index contributed by atoms with van der Waals surface area (Å²) in [5.41, 5.74) is 2.59. The van der Waals surface area contributed by atoms with Crippen LogP contribution in [0.1, 0.15) is 15.9 Å². The molecule has 0 N–H and O–H groups in total. The number of benzene rings is 2. The van der Waals surface area contributed by atoms with Crippen LogP contribution >= 0.6 is 22.9 Å². The molecule has 0 radical (unpaired) electrons. The van der Waals surface area contributed by atoms with Crippen molar-refractivity contribution in [3.05, 3.63) is 72.3 Å². The van der Waals surface area contributed by atoms with Crippen LogP contribution in [0, 0.1) is 0 Å². The quantitative estimate of drug-likeness (QED) is 0.590. The number of carbonyl (C=O) groups excluding carboxylic acids is 1. The van der Waals surface area contributed by atoms with Gasteiger partial charge in [0.05, 0.1) is 0 Å². The van der Waals surface area contributed by atoms with Crippen LogP contribution in [0.15, 0.2) is 61.2 Å². The predicted octanol–water partition coefficient (Wildman–Crippen LogP) is 4.73. The van der Waals surface area contributed by atoms with Crippen LogP contribution in [0.5, 0.6) is 0 Å². The molecule has 0 saturated carbocycles. The van der Waals surface area contributed by atoms with Gasteiger partial charge in [0, 0.05) is 23.6 Å². The van der Waals surface area contributed by atoms with Gasteiger partial charge in [-0.05, 0) is 17.7 Å². The van der Waals surface area contributed by atoms with E-state index in [9.17, 15) is 4.79 Å². The number of hydrogen-bond donors (Lipinski definition) is 0. The predicted molar refractivity (Wildman–Crippen MR) is 104 cm³/mol. The van der Waals surface area contributed by atoms with Gasteiger partial charge in [-0.1, -0.05) is 66.5 Å². The third kappa shape index (κ3) is 3.95. The Morgan fingerprint density at radius 1 is 1.12 bits per heavy atom. The molecule has 0 aliphatic rings. The number of anilines is 1. The molecule has 2 aromatic carbocycles. The summed E-state index contributed by atoms with van der Waals surface area (Å²) >= 11 is 7.26. The molecule has 0 aliphatic heterocycles. The molecule has 0 saturated heterocycles. The molecule has 1 amide bonds. The SMILES string of the molecule is C=Cc1ccc(-c2nnc(N(CCCl)C(=O)c3ccccc3)s2)cc1. The number of nitrogens with zero attached hydrogens (tertiary/aromatic N) is 3. The van der Waals surface area contributed by atoms with E-state index in [2.05, 4.69) is 16.8 Å². The third-order valence-electron chi connectivity index (χ3n) is 3.61. The highest BCUT2D eigenvalue weighted by Gasteiger charge is 2.21. The van der Waals surface area contributed by atoms with E-state index < -0.39 is 0 Å². The van der Waals surface area contributed by atoms with Crippen molar-refractivity contribution in [1.29, 1.82) is 0 Å². The van der Waals surface area contributed by atoms with E-state index in [0.29, 0.717) is 23.1 Å². The van der Waals surface area contributed by atoms with E-state index in [1.165, 1.54) is 11.3 Å². The zero-order chi connectivity index (χ0) is 17.6. The molecule has 6 heteroatoms. The van der Waals surface area contributed by atoms with E-state index in [0.717, 1.165) is 16.1 Å². The Morgan fingerprint density at radius 2 is 1.84 bits per heavy atom. The van der Waals surface area contributed by atoms with Gasteiger partial charge in [-0.2, -0.15) is 0 Å². The summed E-state index contributed by atoms with van der Waals surface area (Å²) in [6.45, 7) is 4.12. The molecule has 3 aromatic rings. The fraction of sp³-hybridized carbons (Fsp3) is 0.105. The van der Waals surface area contributed by atoms with E-state index in [1.54, 1.807) is 23.1 Å². The van der Waals surface area contributed by atoms with E-state index in [-0.39, 0.29) is 5.91 Å². The van der Waals surface area contributed by atoms with Crippen molar-refractivity contribution in [2.45, 2.75) is 0 Å². The Hall–Kier alpha value is -2.50. The van der Waals surface area contributed by atoms with Crippen LogP contribution in [-0.4, -0.2) is 28.5 Å². The highest BCUT2D eigenvalue weighted by atomic mass is 35.5. The van der Waals surface area contributed by atoms with Gasteiger partial charge in [-0.25, -0.2) is 0 Å². The molecule has 0 atom stereocenters. The van der Waals surface area contributed by atoms with Gasteiger partial charge in [0.2, 0.25) is 5.13 Å². The van der Waals surface area contributed by atoms with Crippen molar-refractivity contribution >= 4 is 40.1 Å². The summed E-state index contributed by atoms with van der Waals surface area (Å²) < 4.78 is 0. The minimum Gasteiger partial charge on any atom is -0.281 e. The first-order valence-electron chi connectivity index (χ1n) is 7.72. The number of aromatic nitrogens is 2. The standard InChI is InChI=1S/C19H16ClN3OS/c1-2-14-8-10-15(11-9-14)17-21-22-19(25-17)23(13-12-20)18(24)16-6-4-3-5-7-16/h2-11H,1,12-13H2. The summed E-state index contributed by atoms with van der Waals surface area (Å²) in [5, 5.41) is 9.72. The molecule has 0 fully saturated rings. The number of carbonyl (C=O) groups is 1. The maximum atomic E-state index is 12.8. The summed E-state index contributed by atoms with van der Waals surface area (Å²) in [5.74, 6) is 0.188. The average Bonchev–Trinajstić information content (AvgIpc) is 3.16. The monoisotopic (exact) mass is 369 g/mol. The minimum absolute atomic E-state index is 0.133. The number of halogens is 1. The highest BCUT2D eigenvalue weighted by Crippen LogP contribution is 2.29. The smallest absolute Gasteiger partial charge is 0.260 e. The van der Waals surface area contributed by atoms with Crippen LogP contribution in [0.3, 0.4) is 0 Å². The number of alkyl halides is 1. The zero-order valence-electron chi connectivity index (χ0n) is 13.4. The molecular weight excluding hydrogens is 354 g/mol. The zero-order valence-corrected chi connectivity index (χ0v) is 15.0. The second-order valence-corrected chi connectivity index (χ2v) is 6.56. The molecule has 0 spiro atoms. The summed E-state index contributed by atoms with van der Waals surface area (Å²) in [7, 11) is 0. The normalized spacial score (nSPS) is 10.4. The molecule has 1 heterocycles. The lowest BCUT2D eigenvalue weighted by molar-refractivity contribution is 0.0988. The van der Waals surface area contributed by atoms with Crippen molar-refractivity contribution < 1.29 is 4.79 Å². The Balaban J connectivity index is 1.88. The summed E-state index contributed by atoms with van der Waals surface area (Å²) in [6, 6.07) is 17.0. The first-order valence-corrected chi connectivity index (χ1v) is 9.07. The lowest BCUT2D eigenvalue weighted by Gasteiger charge is -2.17. The Labute approximate surface area is 155 Å². The fourth-order valence-corrected chi connectivity index (χ4v) is 3.35. The number of rotatable bonds is 6. The second kappa shape index (κ2) is 8.05. The largest absolute Gasteiger partial charge is 0.281 e. The number of hydrogen-bond acceptors (Lipinski definition) is 4. The molecule has 126 valence electrons. The molecule has 0 unspecified atom stereocenters. The minimum atomic E-state index is -0.133. The van der Waals surface area contributed by atoms with Crippen LogP contribution in [0.4, 0.5) is 5.13 Å². The molecule has 0 bridgehead atoms. The van der Waals surface area contributed by atoms with Crippen molar-refractivity contribution in [3.8, 4) is 10.6 Å². The van der Waals surface area contributed by atoms with E-state index >= 15 is 0 Å². The van der Waals surface area contributed by atoms with Crippen LogP contribution in [0.25, 0.3) is 16.6 Å². The first kappa shape index (κ1) is 17.3. The maximum absolute atomic E-state index is 12.8. The van der Waals surface area contributed by atoms with Gasteiger partial charge in [0.25, 0.3) is 5.91 Å². The molecule has 3 rings (SSSR count). The van der Waals surface area contributed by atoms with Crippen molar-refractivity contribution in [2.75, 3.05) is 17.3 Å². The second-order valence-electron chi connectivity index (χ2n) is 5.23. The van der Waals surface area contributed by atoms with Crippen LogP contribution in [-0.2, 0) is 0 Å². The summed E-state index contributed by atoms with van der Waals surface area (Å²) in [4.78, 5) is 14.3. The number of amides is 1. The maximum Gasteiger partial charge on any atom is 0.260 e. The topological polar surface area (TPSA) is 46.1 Å². The van der Waals surface area contributed by atoms with Crippen LogP contribution in [0.2, 0.25) is 0 Å². The van der Waals surface area contributed by atoms with Gasteiger partial charge >= 0.3 is 0 Å². The van der Waals surface area contributed by atoms with Crippen molar-refractivity contribution in [3.63, 3.8) is 0 Å². The van der Waals surface area contributed by atoms with Gasteiger partial charge in [-0.15, -0.1) is 21.8 Å². The lowest BCUT2D eigenvalue weighted by Crippen LogP contribution is -2.32. The van der Waals surface area contributed by atoms with E-state index in [1.807, 2.05) is 42.5 Å². The first-order chi connectivity index (χ1) is 12.2. The fourth-order valence-electron chi connectivity index (χ4n) is 2.31. The lowest BCUT2D eigenvalue weighted by atomic mass is 10.1. The van der Waals surface area contributed by atoms with Crippen molar-refractivity contribution in [2.24, 2.45) is 0 Å². The van der Waals surface area contributed by atoms with Crippen molar-refractivity contribution in [1.82, 2.24) is 10.2 Å². The molecular formula is C19H16ClN3OS.